The van der Waals surface area contributed by atoms with Gasteiger partial charge in [0.15, 0.2) is 0 Å². The minimum atomic E-state index is 0. The van der Waals surface area contributed by atoms with Gasteiger partial charge in [-0.2, -0.15) is 0 Å². The number of halogens is 1. The molecule has 0 bridgehead atoms. The van der Waals surface area contributed by atoms with Gasteiger partial charge in [0.25, 0.3) is 0 Å². The quantitative estimate of drug-likeness (QED) is 0.564. The van der Waals surface area contributed by atoms with Crippen LogP contribution in [0.2, 0.25) is 5.28 Å². The molecule has 0 saturated carbocycles. The van der Waals surface area contributed by atoms with Crippen molar-refractivity contribution in [2.75, 3.05) is 0 Å². The Labute approximate surface area is 89.7 Å². The molecule has 0 spiro atoms. The first-order valence-corrected chi connectivity index (χ1v) is 5.85. The smallest absolute Gasteiger partial charge is 1.00 e. The van der Waals surface area contributed by atoms with E-state index >= 15 is 0 Å². The Morgan fingerprint density at radius 1 is 1.08 bits per heavy atom. The van der Waals surface area contributed by atoms with Crippen LogP contribution in [0.3, 0.4) is 0 Å². The largest absolute Gasteiger partial charge is 1.00 e. The summed E-state index contributed by atoms with van der Waals surface area (Å²) in [5.41, 5.74) is 0. The van der Waals surface area contributed by atoms with Crippen LogP contribution in [0.5, 0.6) is 0 Å². The van der Waals surface area contributed by atoms with E-state index < -0.39 is 0 Å². The Balaban J connectivity index is 0. The molecule has 0 heterocycles. The fraction of sp³-hybridized carbons (Fsp3) is 1.00. The molecule has 3 heteroatoms. The molecule has 0 saturated heterocycles. The van der Waals surface area contributed by atoms with Gasteiger partial charge in [-0.15, -0.1) is 0 Å². The van der Waals surface area contributed by atoms with Crippen molar-refractivity contribution in [3.63, 3.8) is 0 Å². The van der Waals surface area contributed by atoms with Crippen molar-refractivity contribution in [1.29, 1.82) is 0 Å². The number of hydrogen-bond donors (Lipinski definition) is 0. The Morgan fingerprint density at radius 3 is 1.75 bits per heavy atom. The molecule has 12 heavy (non-hydrogen) atoms. The van der Waals surface area contributed by atoms with Crippen molar-refractivity contribution >= 4 is 15.6 Å². The maximum Gasteiger partial charge on any atom is -1.00 e. The van der Waals surface area contributed by atoms with Gasteiger partial charge in [0.05, 0.1) is 0 Å². The zero-order chi connectivity index (χ0) is 8.85. The van der Waals surface area contributed by atoms with E-state index in [9.17, 15) is 0 Å². The predicted molar refractivity (Wildman–Crippen MR) is 50.8 cm³/mol. The van der Waals surface area contributed by atoms with Crippen LogP contribution in [0.15, 0.2) is 0 Å². The molecule has 0 amide bonds. The molecule has 0 atom stereocenters. The molecule has 0 aromatic rings. The summed E-state index contributed by atoms with van der Waals surface area (Å²) in [6.07, 6.45) is 0.477. The molecule has 0 aromatic carbocycles. The van der Waals surface area contributed by atoms with E-state index in [0.717, 1.165) is 0 Å². The second-order valence-corrected chi connectivity index (χ2v) is 5.09. The third-order valence-electron chi connectivity index (χ3n) is 1.73. The second kappa shape index (κ2) is 8.38. The molecule has 0 unspecified atom stereocenters. The van der Waals surface area contributed by atoms with Crippen LogP contribution in [0.25, 0.3) is 0 Å². The number of rotatable bonds is 5. The Bertz CT molecular complexity index is 88.5. The summed E-state index contributed by atoms with van der Waals surface area (Å²) >= 11 is 0.235. The summed E-state index contributed by atoms with van der Waals surface area (Å²) in [6.45, 7) is 11.1. The van der Waals surface area contributed by atoms with E-state index in [2.05, 4.69) is 34.6 Å². The summed E-state index contributed by atoms with van der Waals surface area (Å²) < 4.78 is 5.80. The van der Waals surface area contributed by atoms with Gasteiger partial charge in [0.2, 0.25) is 0 Å². The minimum Gasteiger partial charge on any atom is -1.00 e. The molecule has 0 fully saturated rings. The Morgan fingerprint density at radius 2 is 1.50 bits per heavy atom. The Hall–Kier alpha value is 0.782. The maximum absolute atomic E-state index is 5.80. The molecule has 0 aliphatic heterocycles. The maximum atomic E-state index is 5.80. The molecular weight excluding hydrogens is 187 g/mol. The van der Waals surface area contributed by atoms with Crippen LogP contribution in [-0.4, -0.2) is 21.7 Å². The molecule has 1 nitrogen and oxygen atoms in total. The third kappa shape index (κ3) is 6.32. The van der Waals surface area contributed by atoms with Crippen LogP contribution in [-0.2, 0) is 3.79 Å². The van der Waals surface area contributed by atoms with Crippen molar-refractivity contribution in [2.45, 2.75) is 46.0 Å². The van der Waals surface area contributed by atoms with E-state index in [-0.39, 0.29) is 28.0 Å². The van der Waals surface area contributed by atoms with Crippen LogP contribution >= 0.6 is 0 Å². The van der Waals surface area contributed by atoms with Gasteiger partial charge in [0.1, 0.15) is 0 Å². The van der Waals surface area contributed by atoms with Gasteiger partial charge >= 0.3 is 77.2 Å². The monoisotopic (exact) mass is 206 g/mol. The van der Waals surface area contributed by atoms with E-state index in [0.29, 0.717) is 17.9 Å². The molecule has 0 aliphatic rings. The van der Waals surface area contributed by atoms with Gasteiger partial charge in [-0.05, 0) is 0 Å². The number of hydrogen-bond acceptors (Lipinski definition) is 1. The van der Waals surface area contributed by atoms with Crippen molar-refractivity contribution in [3.8, 4) is 0 Å². The fourth-order valence-corrected chi connectivity index (χ4v) is 2.33. The third-order valence-corrected chi connectivity index (χ3v) is 2.57. The summed E-state index contributed by atoms with van der Waals surface area (Å²) in [4.78, 5) is 0. The molecular formula is C9H20AlClO. The van der Waals surface area contributed by atoms with Crippen LogP contribution in [0.4, 0.5) is 0 Å². The molecule has 0 rings (SSSR count). The average Bonchev–Trinajstić information content (AvgIpc) is 1.87. The topological polar surface area (TPSA) is 9.23 Å². The van der Waals surface area contributed by atoms with Crippen LogP contribution in [0.1, 0.15) is 34.6 Å². The first kappa shape index (κ1) is 15.3. The van der Waals surface area contributed by atoms with Crippen LogP contribution in [0, 0.1) is 11.8 Å². The van der Waals surface area contributed by atoms with Crippen molar-refractivity contribution in [3.05, 3.63) is 0 Å². The van der Waals surface area contributed by atoms with Gasteiger partial charge in [0, 0.05) is 0 Å². The molecule has 0 aliphatic carbocycles. The molecule has 72 valence electrons. The normalized spacial score (nSPS) is 10.3. The first-order valence-electron chi connectivity index (χ1n) is 4.56. The van der Waals surface area contributed by atoms with Gasteiger partial charge in [-0.1, -0.05) is 0 Å². The SMILES string of the molecule is C[CH2][Al+][O]C(C(C)C)C(C)C.[Cl-]. The van der Waals surface area contributed by atoms with E-state index in [1.807, 2.05) is 0 Å². The standard InChI is InChI=1S/C7H15O.C2H5.Al.ClH/c1-5(2)7(8)6(3)4;1-2;;/h5-7H,1-4H3;1H2,2H3;;1H/q-1;;+2;/p-1. The van der Waals surface area contributed by atoms with E-state index in [4.69, 9.17) is 3.79 Å². The van der Waals surface area contributed by atoms with Gasteiger partial charge in [-0.25, -0.2) is 0 Å². The Kier molecular flexibility index (Phi) is 10.7. The van der Waals surface area contributed by atoms with Crippen LogP contribution < -0.4 is 12.4 Å². The van der Waals surface area contributed by atoms with Gasteiger partial charge < -0.3 is 12.4 Å². The zero-order valence-corrected chi connectivity index (χ0v) is 10.7. The summed E-state index contributed by atoms with van der Waals surface area (Å²) in [6, 6.07) is 0. The van der Waals surface area contributed by atoms with Crippen molar-refractivity contribution < 1.29 is 16.2 Å². The zero-order valence-electron chi connectivity index (χ0n) is 8.80. The van der Waals surface area contributed by atoms with Gasteiger partial charge in [-0.3, -0.25) is 0 Å². The summed E-state index contributed by atoms with van der Waals surface area (Å²) in [7, 11) is 0. The van der Waals surface area contributed by atoms with E-state index in [1.165, 1.54) is 5.28 Å². The minimum absolute atomic E-state index is 0. The predicted octanol–water partition coefficient (Wildman–Crippen LogP) is -0.255. The van der Waals surface area contributed by atoms with Crippen molar-refractivity contribution in [2.24, 2.45) is 11.8 Å². The first-order chi connectivity index (χ1) is 5.09. The van der Waals surface area contributed by atoms with Crippen molar-refractivity contribution in [1.82, 2.24) is 0 Å². The molecule has 0 radical (unpaired) electrons. The fourth-order valence-electron chi connectivity index (χ4n) is 1.29. The molecule has 0 aromatic heterocycles. The summed E-state index contributed by atoms with van der Waals surface area (Å²) in [5.74, 6) is 1.32. The van der Waals surface area contributed by atoms with E-state index in [1.54, 1.807) is 0 Å². The summed E-state index contributed by atoms with van der Waals surface area (Å²) in [5, 5.41) is 1.20. The second-order valence-electron chi connectivity index (χ2n) is 3.66. The molecule has 0 N–H and O–H groups in total. The average molecular weight is 207 g/mol.